The first kappa shape index (κ1) is 39.9. The molecule has 2 saturated heterocycles. The second kappa shape index (κ2) is 17.9. The van der Waals surface area contributed by atoms with Gasteiger partial charge in [0.25, 0.3) is 0 Å². The second-order valence-corrected chi connectivity index (χ2v) is 18.6. The van der Waals surface area contributed by atoms with E-state index < -0.39 is 21.6 Å². The first-order valence-electron chi connectivity index (χ1n) is 18.7. The van der Waals surface area contributed by atoms with Gasteiger partial charge in [-0.1, -0.05) is 48.7 Å². The molecule has 0 saturated carbocycles. The number of benzene rings is 2. The van der Waals surface area contributed by atoms with Gasteiger partial charge in [-0.25, -0.2) is 9.97 Å². The SMILES string of the molecule is CC(C)C[C@H](CO)Nc1nc(N2CCN(c3ccc(Cl)cc3)CC2)nc2c1S(=O)CC2.O=S1CCc2nc(N3CCN(c4ccc(Cl)cc4)CC3)nc(Cl)c21. The fourth-order valence-corrected chi connectivity index (χ4v) is 10.5. The molecule has 0 aliphatic carbocycles. The summed E-state index contributed by atoms with van der Waals surface area (Å²) < 4.78 is 24.5. The summed E-state index contributed by atoms with van der Waals surface area (Å²) in [6.07, 6.45) is 2.23. The largest absolute Gasteiger partial charge is 0.394 e. The zero-order valence-corrected chi connectivity index (χ0v) is 34.9. The summed E-state index contributed by atoms with van der Waals surface area (Å²) in [5.74, 6) is 3.56. The number of fused-ring (bicyclic) bond motifs is 2. The van der Waals surface area contributed by atoms with Crippen LogP contribution in [-0.2, 0) is 34.4 Å². The predicted molar refractivity (Wildman–Crippen MR) is 225 cm³/mol. The van der Waals surface area contributed by atoms with Crippen LogP contribution in [0.15, 0.2) is 58.3 Å². The van der Waals surface area contributed by atoms with Gasteiger partial charge in [-0.2, -0.15) is 9.97 Å². The van der Waals surface area contributed by atoms with Crippen molar-refractivity contribution in [3.8, 4) is 0 Å². The maximum atomic E-state index is 12.6. The number of hydrogen-bond acceptors (Lipinski definition) is 12. The maximum Gasteiger partial charge on any atom is 0.227 e. The Hall–Kier alpha value is -3.27. The summed E-state index contributed by atoms with van der Waals surface area (Å²) in [6.45, 7) is 11.0. The molecule has 294 valence electrons. The molecule has 0 spiro atoms. The van der Waals surface area contributed by atoms with Crippen molar-refractivity contribution >= 4 is 85.5 Å². The van der Waals surface area contributed by atoms with Crippen LogP contribution in [0.3, 0.4) is 0 Å². The van der Waals surface area contributed by atoms with Gasteiger partial charge in [0.1, 0.15) is 10.7 Å². The van der Waals surface area contributed by atoms with Crippen LogP contribution < -0.4 is 24.9 Å². The average molecular weight is 847 g/mol. The number of nitrogens with one attached hydrogen (secondary N) is 1. The van der Waals surface area contributed by atoms with E-state index in [-0.39, 0.29) is 12.6 Å². The third-order valence-electron chi connectivity index (χ3n) is 10.1. The molecule has 4 aliphatic heterocycles. The van der Waals surface area contributed by atoms with Gasteiger partial charge in [-0.15, -0.1) is 0 Å². The Labute approximate surface area is 342 Å². The van der Waals surface area contributed by atoms with E-state index in [2.05, 4.69) is 48.7 Å². The highest BCUT2D eigenvalue weighted by Gasteiger charge is 2.30. The first-order valence-corrected chi connectivity index (χ1v) is 22.5. The third kappa shape index (κ3) is 9.48. The molecule has 3 atom stereocenters. The van der Waals surface area contributed by atoms with Gasteiger partial charge in [-0.3, -0.25) is 8.42 Å². The lowest BCUT2D eigenvalue weighted by molar-refractivity contribution is 0.259. The molecule has 2 aromatic heterocycles. The fraction of sp³-hybridized carbons (Fsp3) is 0.474. The molecular weight excluding hydrogens is 801 g/mol. The fourth-order valence-electron chi connectivity index (χ4n) is 7.28. The number of aromatic nitrogens is 4. The third-order valence-corrected chi connectivity index (χ3v) is 13.9. The van der Waals surface area contributed by atoms with E-state index >= 15 is 0 Å². The Morgan fingerprint density at radius 1 is 0.655 bits per heavy atom. The lowest BCUT2D eigenvalue weighted by Crippen LogP contribution is -2.47. The Bertz CT molecular complexity index is 2010. The standard InChI is InChI=1S/C22H30ClN5O2S.C16H16Cl2N4OS/c1-15(2)13-17(14-29)24-21-20-19(7-12-31(20)30)25-22(26-21)28-10-8-27(9-11-28)18-5-3-16(23)4-6-18;17-11-1-3-12(4-2-11)21-6-8-22(9-7-21)16-19-13-5-10-24(23)14(13)15(18)20-16/h3-6,15,17,29H,7-14H2,1-2H3,(H,24,25,26);1-4H,5-10H2/t17-,31?;/m1./s1. The monoisotopic (exact) mass is 845 g/mol. The molecule has 2 N–H and O–H groups in total. The molecule has 2 aromatic carbocycles. The van der Waals surface area contributed by atoms with Crippen molar-refractivity contribution in [3.05, 3.63) is 75.1 Å². The summed E-state index contributed by atoms with van der Waals surface area (Å²) in [5.41, 5.74) is 4.04. The minimum atomic E-state index is -1.09. The lowest BCUT2D eigenvalue weighted by Gasteiger charge is -2.36. The minimum absolute atomic E-state index is 0.0126. The molecule has 12 nitrogen and oxygen atoms in total. The van der Waals surface area contributed by atoms with Crippen LogP contribution in [0.4, 0.5) is 29.1 Å². The van der Waals surface area contributed by atoms with E-state index in [1.807, 2.05) is 48.5 Å². The van der Waals surface area contributed by atoms with Gasteiger partial charge < -0.3 is 30.0 Å². The summed E-state index contributed by atoms with van der Waals surface area (Å²) in [6, 6.07) is 15.7. The number of halogens is 3. The lowest BCUT2D eigenvalue weighted by atomic mass is 10.0. The number of aliphatic hydroxyl groups excluding tert-OH is 1. The molecule has 0 bridgehead atoms. The van der Waals surface area contributed by atoms with Crippen molar-refractivity contribution in [1.82, 2.24) is 19.9 Å². The molecule has 0 radical (unpaired) electrons. The minimum Gasteiger partial charge on any atom is -0.394 e. The summed E-state index contributed by atoms with van der Waals surface area (Å²) in [5, 5.41) is 15.0. The molecule has 2 unspecified atom stereocenters. The Morgan fingerprint density at radius 2 is 1.09 bits per heavy atom. The highest BCUT2D eigenvalue weighted by Crippen LogP contribution is 2.32. The van der Waals surface area contributed by atoms with Gasteiger partial charge in [0.15, 0.2) is 5.15 Å². The highest BCUT2D eigenvalue weighted by molar-refractivity contribution is 7.85. The zero-order chi connectivity index (χ0) is 38.6. The number of nitrogens with zero attached hydrogens (tertiary/aromatic N) is 8. The number of anilines is 5. The van der Waals surface area contributed by atoms with E-state index in [4.69, 9.17) is 44.8 Å². The highest BCUT2D eigenvalue weighted by atomic mass is 35.5. The quantitative estimate of drug-likeness (QED) is 0.200. The molecule has 4 aromatic rings. The topological polar surface area (TPSA) is 131 Å². The number of aliphatic hydroxyl groups is 1. The van der Waals surface area contributed by atoms with Crippen LogP contribution in [0.25, 0.3) is 0 Å². The molecule has 17 heteroatoms. The van der Waals surface area contributed by atoms with E-state index in [0.29, 0.717) is 62.9 Å². The van der Waals surface area contributed by atoms with E-state index in [1.165, 1.54) is 5.69 Å². The molecule has 2 fully saturated rings. The Balaban J connectivity index is 0.000000174. The van der Waals surface area contributed by atoms with Crippen LogP contribution in [0.2, 0.25) is 15.2 Å². The van der Waals surface area contributed by atoms with Gasteiger partial charge in [0, 0.05) is 98.1 Å². The van der Waals surface area contributed by atoms with Gasteiger partial charge >= 0.3 is 0 Å². The number of aryl methyl sites for hydroxylation is 2. The zero-order valence-electron chi connectivity index (χ0n) is 31.0. The number of piperazine rings is 2. The van der Waals surface area contributed by atoms with Crippen molar-refractivity contribution in [2.75, 3.05) is 95.4 Å². The second-order valence-electron chi connectivity index (χ2n) is 14.4. The van der Waals surface area contributed by atoms with E-state index in [0.717, 1.165) is 85.9 Å². The van der Waals surface area contributed by atoms with Gasteiger partial charge in [0.2, 0.25) is 11.9 Å². The molecular formula is C38H46Cl3N9O3S2. The smallest absolute Gasteiger partial charge is 0.227 e. The van der Waals surface area contributed by atoms with E-state index in [9.17, 15) is 13.5 Å². The van der Waals surface area contributed by atoms with Crippen LogP contribution in [0, 0.1) is 5.92 Å². The molecule has 55 heavy (non-hydrogen) atoms. The molecule has 4 aliphatic rings. The summed E-state index contributed by atoms with van der Waals surface area (Å²) in [7, 11) is -2.14. The van der Waals surface area contributed by atoms with E-state index in [1.54, 1.807) is 0 Å². The van der Waals surface area contributed by atoms with Gasteiger partial charge in [0.05, 0.1) is 50.5 Å². The number of rotatable bonds is 9. The summed E-state index contributed by atoms with van der Waals surface area (Å²) >= 11 is 18.2. The molecule has 8 rings (SSSR count). The van der Waals surface area contributed by atoms with Crippen molar-refractivity contribution in [2.45, 2.75) is 48.9 Å². The Morgan fingerprint density at radius 3 is 1.56 bits per heavy atom. The normalized spacial score (nSPS) is 19.9. The van der Waals surface area contributed by atoms with Crippen molar-refractivity contribution < 1.29 is 13.5 Å². The molecule has 0 amide bonds. The van der Waals surface area contributed by atoms with Crippen molar-refractivity contribution in [1.29, 1.82) is 0 Å². The van der Waals surface area contributed by atoms with Gasteiger partial charge in [-0.05, 0) is 60.9 Å². The number of hydrogen-bond donors (Lipinski definition) is 2. The van der Waals surface area contributed by atoms with Crippen LogP contribution in [0.5, 0.6) is 0 Å². The van der Waals surface area contributed by atoms with Crippen molar-refractivity contribution in [2.24, 2.45) is 5.92 Å². The Kier molecular flexibility index (Phi) is 13.0. The van der Waals surface area contributed by atoms with Crippen LogP contribution in [-0.4, -0.2) is 110 Å². The predicted octanol–water partition coefficient (Wildman–Crippen LogP) is 5.71. The first-order chi connectivity index (χ1) is 26.6. The molecule has 6 heterocycles. The van der Waals surface area contributed by atoms with Crippen LogP contribution >= 0.6 is 34.8 Å². The summed E-state index contributed by atoms with van der Waals surface area (Å²) in [4.78, 5) is 28.9. The van der Waals surface area contributed by atoms with Crippen LogP contribution in [0.1, 0.15) is 31.7 Å². The average Bonchev–Trinajstić information content (AvgIpc) is 3.77. The van der Waals surface area contributed by atoms with Crippen molar-refractivity contribution in [3.63, 3.8) is 0 Å². The maximum absolute atomic E-state index is 12.6.